The van der Waals surface area contributed by atoms with Crippen LogP contribution in [0.1, 0.15) is 25.0 Å². The summed E-state index contributed by atoms with van der Waals surface area (Å²) in [5.41, 5.74) is 24.1. The Kier molecular flexibility index (Phi) is 5.90. The first-order valence-electron chi connectivity index (χ1n) is 9.14. The van der Waals surface area contributed by atoms with Crippen LogP contribution < -0.4 is 11.5 Å². The summed E-state index contributed by atoms with van der Waals surface area (Å²) in [6.07, 6.45) is 3.57. The summed E-state index contributed by atoms with van der Waals surface area (Å²) >= 11 is 0. The van der Waals surface area contributed by atoms with E-state index in [1.807, 2.05) is 74.5 Å². The van der Waals surface area contributed by atoms with Crippen molar-refractivity contribution >= 4 is 17.5 Å². The van der Waals surface area contributed by atoms with Gasteiger partial charge in [0.15, 0.2) is 5.79 Å². The van der Waals surface area contributed by atoms with Crippen LogP contribution in [0.25, 0.3) is 16.5 Å². The van der Waals surface area contributed by atoms with Gasteiger partial charge >= 0.3 is 0 Å². The highest BCUT2D eigenvalue weighted by molar-refractivity contribution is 5.56. The van der Waals surface area contributed by atoms with Gasteiger partial charge < -0.3 is 20.9 Å². The van der Waals surface area contributed by atoms with Crippen molar-refractivity contribution < 1.29 is 9.47 Å². The fourth-order valence-corrected chi connectivity index (χ4v) is 3.38. The molecule has 3 rings (SSSR count). The van der Waals surface area contributed by atoms with E-state index in [9.17, 15) is 0 Å². The summed E-state index contributed by atoms with van der Waals surface area (Å²) in [6.45, 7) is 3.70. The highest BCUT2D eigenvalue weighted by Gasteiger charge is 2.43. The molecule has 2 aromatic carbocycles. The Morgan fingerprint density at radius 1 is 1.14 bits per heavy atom. The van der Waals surface area contributed by atoms with Crippen LogP contribution in [0.15, 0.2) is 59.7 Å². The lowest BCUT2D eigenvalue weighted by Gasteiger charge is -2.22. The van der Waals surface area contributed by atoms with Crippen molar-refractivity contribution in [2.75, 3.05) is 11.5 Å². The molecule has 0 aromatic heterocycles. The SMILES string of the molecule is CC1(C)O[C@@H]([C@@H](Cc2cccc(N)c2)N=[N+]=[N-])[C@H](/C=C/c2cccc(N)c2)O1. The van der Waals surface area contributed by atoms with Crippen molar-refractivity contribution in [2.45, 2.75) is 44.3 Å². The lowest BCUT2D eigenvalue weighted by molar-refractivity contribution is -0.144. The van der Waals surface area contributed by atoms with Crippen molar-refractivity contribution in [3.63, 3.8) is 0 Å². The van der Waals surface area contributed by atoms with E-state index < -0.39 is 17.9 Å². The second-order valence-electron chi connectivity index (χ2n) is 7.32. The molecule has 0 radical (unpaired) electrons. The summed E-state index contributed by atoms with van der Waals surface area (Å²) in [6, 6.07) is 14.7. The molecule has 0 spiro atoms. The number of nitrogens with two attached hydrogens (primary N) is 2. The van der Waals surface area contributed by atoms with Crippen LogP contribution in [0.3, 0.4) is 0 Å². The second-order valence-corrected chi connectivity index (χ2v) is 7.32. The number of rotatable bonds is 6. The standard InChI is InChI=1S/C21H25N5O2/c1-21(2)27-19(10-9-14-5-3-7-16(22)11-14)20(28-21)18(25-26-24)13-15-6-4-8-17(23)12-15/h3-12,18-20H,13,22-23H2,1-2H3/b10-9+/t18-,19+,20+/m1/s1. The van der Waals surface area contributed by atoms with Crippen molar-refractivity contribution in [1.82, 2.24) is 0 Å². The van der Waals surface area contributed by atoms with E-state index in [1.165, 1.54) is 0 Å². The molecule has 1 fully saturated rings. The third-order valence-electron chi connectivity index (χ3n) is 4.53. The van der Waals surface area contributed by atoms with Gasteiger partial charge in [0.05, 0.1) is 12.1 Å². The molecule has 1 aliphatic heterocycles. The Bertz CT molecular complexity index is 905. The summed E-state index contributed by atoms with van der Waals surface area (Å²) in [5, 5.41) is 4.00. The van der Waals surface area contributed by atoms with Crippen molar-refractivity contribution in [2.24, 2.45) is 5.11 Å². The molecule has 28 heavy (non-hydrogen) atoms. The van der Waals surface area contributed by atoms with Gasteiger partial charge in [0, 0.05) is 16.3 Å². The Labute approximate surface area is 164 Å². The molecular formula is C21H25N5O2. The van der Waals surface area contributed by atoms with Crippen LogP contribution in [0, 0.1) is 0 Å². The first-order valence-corrected chi connectivity index (χ1v) is 9.14. The number of nitrogen functional groups attached to an aromatic ring is 2. The maximum absolute atomic E-state index is 9.09. The molecule has 0 saturated carbocycles. The Morgan fingerprint density at radius 3 is 2.54 bits per heavy atom. The van der Waals surface area contributed by atoms with Crippen molar-refractivity contribution in [3.05, 3.63) is 76.2 Å². The lowest BCUT2D eigenvalue weighted by atomic mass is 9.97. The average Bonchev–Trinajstić information content (AvgIpc) is 2.94. The number of azide groups is 1. The number of nitrogens with zero attached hydrogens (tertiary/aromatic N) is 3. The number of anilines is 2. The van der Waals surface area contributed by atoms with Gasteiger partial charge in [0.2, 0.25) is 0 Å². The minimum absolute atomic E-state index is 0.368. The highest BCUT2D eigenvalue weighted by atomic mass is 16.8. The molecule has 0 unspecified atom stereocenters. The quantitative estimate of drug-likeness (QED) is 0.336. The summed E-state index contributed by atoms with van der Waals surface area (Å²) in [4.78, 5) is 3.03. The molecule has 0 bridgehead atoms. The molecule has 1 aliphatic rings. The van der Waals surface area contributed by atoms with E-state index in [-0.39, 0.29) is 6.10 Å². The number of ether oxygens (including phenoxy) is 2. The molecule has 0 amide bonds. The monoisotopic (exact) mass is 379 g/mol. The van der Waals surface area contributed by atoms with Crippen LogP contribution in [0.5, 0.6) is 0 Å². The van der Waals surface area contributed by atoms with E-state index in [4.69, 9.17) is 26.5 Å². The van der Waals surface area contributed by atoms with E-state index in [0.29, 0.717) is 17.8 Å². The van der Waals surface area contributed by atoms with Gasteiger partial charge in [-0.05, 0) is 61.2 Å². The minimum Gasteiger partial charge on any atom is -0.399 e. The van der Waals surface area contributed by atoms with Crippen LogP contribution in [0.2, 0.25) is 0 Å². The average molecular weight is 379 g/mol. The largest absolute Gasteiger partial charge is 0.399 e. The predicted molar refractivity (Wildman–Crippen MR) is 111 cm³/mol. The van der Waals surface area contributed by atoms with Crippen LogP contribution in [-0.2, 0) is 15.9 Å². The molecule has 4 N–H and O–H groups in total. The summed E-state index contributed by atoms with van der Waals surface area (Å²) < 4.78 is 12.2. The van der Waals surface area contributed by atoms with E-state index >= 15 is 0 Å². The van der Waals surface area contributed by atoms with E-state index in [2.05, 4.69) is 10.0 Å². The molecular weight excluding hydrogens is 354 g/mol. The molecule has 0 aliphatic carbocycles. The fourth-order valence-electron chi connectivity index (χ4n) is 3.38. The zero-order valence-corrected chi connectivity index (χ0v) is 16.0. The van der Waals surface area contributed by atoms with E-state index in [0.717, 1.165) is 11.1 Å². The van der Waals surface area contributed by atoms with Gasteiger partial charge in [-0.2, -0.15) is 0 Å². The topological polar surface area (TPSA) is 119 Å². The molecule has 7 nitrogen and oxygen atoms in total. The van der Waals surface area contributed by atoms with E-state index in [1.54, 1.807) is 0 Å². The molecule has 1 saturated heterocycles. The van der Waals surface area contributed by atoms with Gasteiger partial charge in [-0.1, -0.05) is 41.5 Å². The summed E-state index contributed by atoms with van der Waals surface area (Å²) in [5.74, 6) is -0.783. The lowest BCUT2D eigenvalue weighted by Crippen LogP contribution is -2.34. The Balaban J connectivity index is 1.84. The summed E-state index contributed by atoms with van der Waals surface area (Å²) in [7, 11) is 0. The Hall–Kier alpha value is -2.99. The second kappa shape index (κ2) is 8.35. The van der Waals surface area contributed by atoms with Crippen LogP contribution in [-0.4, -0.2) is 24.0 Å². The fraction of sp³-hybridized carbons (Fsp3) is 0.333. The first kappa shape index (κ1) is 19.8. The number of benzene rings is 2. The minimum atomic E-state index is -0.783. The van der Waals surface area contributed by atoms with Crippen LogP contribution >= 0.6 is 0 Å². The number of hydrogen-bond acceptors (Lipinski definition) is 5. The maximum atomic E-state index is 9.09. The van der Waals surface area contributed by atoms with Gasteiger partial charge in [0.1, 0.15) is 6.10 Å². The third-order valence-corrected chi connectivity index (χ3v) is 4.53. The predicted octanol–water partition coefficient (Wildman–Crippen LogP) is 4.31. The third kappa shape index (κ3) is 5.04. The van der Waals surface area contributed by atoms with Gasteiger partial charge in [-0.25, -0.2) is 0 Å². The highest BCUT2D eigenvalue weighted by Crippen LogP contribution is 2.33. The smallest absolute Gasteiger partial charge is 0.164 e. The van der Waals surface area contributed by atoms with Gasteiger partial charge in [-0.3, -0.25) is 0 Å². The molecule has 146 valence electrons. The normalized spacial score (nSPS) is 22.1. The van der Waals surface area contributed by atoms with Crippen molar-refractivity contribution in [3.8, 4) is 0 Å². The van der Waals surface area contributed by atoms with Crippen LogP contribution in [0.4, 0.5) is 11.4 Å². The maximum Gasteiger partial charge on any atom is 0.164 e. The first-order chi connectivity index (χ1) is 13.4. The molecule has 3 atom stereocenters. The Morgan fingerprint density at radius 2 is 1.86 bits per heavy atom. The molecule has 7 heteroatoms. The zero-order valence-electron chi connectivity index (χ0n) is 16.0. The zero-order chi connectivity index (χ0) is 20.1. The molecule has 1 heterocycles. The van der Waals surface area contributed by atoms with Gasteiger partial charge in [0.25, 0.3) is 0 Å². The molecule has 2 aromatic rings. The number of hydrogen-bond donors (Lipinski definition) is 2. The van der Waals surface area contributed by atoms with Gasteiger partial charge in [-0.15, -0.1) is 0 Å². The van der Waals surface area contributed by atoms with Crippen molar-refractivity contribution in [1.29, 1.82) is 0 Å².